The lowest BCUT2D eigenvalue weighted by atomic mass is 10.0. The molecular formula is C11H16ClF2NO2S. The minimum absolute atomic E-state index is 0. The molecule has 0 radical (unpaired) electrons. The highest BCUT2D eigenvalue weighted by atomic mass is 35.5. The number of quaternary nitrogens is 1. The van der Waals surface area contributed by atoms with Crippen molar-refractivity contribution in [3.8, 4) is 0 Å². The smallest absolute Gasteiger partial charge is 0.179 e. The van der Waals surface area contributed by atoms with Gasteiger partial charge in [0.1, 0.15) is 0 Å². The molecule has 0 saturated carbocycles. The maximum Gasteiger partial charge on any atom is 0.179 e. The maximum absolute atomic E-state index is 13.8. The van der Waals surface area contributed by atoms with E-state index < -0.39 is 28.2 Å². The van der Waals surface area contributed by atoms with E-state index in [1.807, 2.05) is 0 Å². The molecule has 18 heavy (non-hydrogen) atoms. The Bertz CT molecular complexity index is 476. The number of rotatable bonds is 4. The van der Waals surface area contributed by atoms with Gasteiger partial charge in [0.15, 0.2) is 28.2 Å². The molecule has 0 spiro atoms. The molecule has 0 aliphatic rings. The first-order valence-electron chi connectivity index (χ1n) is 5.14. The monoisotopic (exact) mass is 299 g/mol. The van der Waals surface area contributed by atoms with Crippen LogP contribution in [0.3, 0.4) is 0 Å². The summed E-state index contributed by atoms with van der Waals surface area (Å²) in [6.07, 6.45) is -1.83. The van der Waals surface area contributed by atoms with Gasteiger partial charge < -0.3 is 18.1 Å². The Morgan fingerprint density at radius 3 is 1.94 bits per heavy atom. The maximum atomic E-state index is 13.8. The Balaban J connectivity index is 0.00000289. The average molecular weight is 300 g/mol. The van der Waals surface area contributed by atoms with Crippen LogP contribution in [0.1, 0.15) is 18.7 Å². The zero-order valence-corrected chi connectivity index (χ0v) is 11.7. The summed E-state index contributed by atoms with van der Waals surface area (Å²) in [5.74, 6) is 0. The van der Waals surface area contributed by atoms with Gasteiger partial charge >= 0.3 is 0 Å². The SMILES string of the molecule is C[C@@H](F)[C@H]([NH3+])[C@@H](F)c1ccc(S(C)(=O)=O)cc1.[Cl-]. The van der Waals surface area contributed by atoms with Crippen molar-refractivity contribution < 1.29 is 35.3 Å². The molecule has 104 valence electrons. The van der Waals surface area contributed by atoms with Gasteiger partial charge in [-0.05, 0) is 24.6 Å². The third-order valence-electron chi connectivity index (χ3n) is 2.59. The van der Waals surface area contributed by atoms with Crippen molar-refractivity contribution in [1.29, 1.82) is 0 Å². The molecule has 0 fully saturated rings. The second-order valence-corrected chi connectivity index (χ2v) is 6.10. The molecule has 1 rings (SSSR count). The van der Waals surface area contributed by atoms with Crippen LogP contribution in [-0.2, 0) is 9.84 Å². The van der Waals surface area contributed by atoms with E-state index >= 15 is 0 Å². The lowest BCUT2D eigenvalue weighted by Gasteiger charge is -2.15. The standard InChI is InChI=1S/C11H15F2NO2S.ClH/c1-7(12)11(14)10(13)8-3-5-9(6-4-8)17(2,15)16;/h3-7,10-11H,14H2,1-2H3;1H/t7-,10+,11+;/m1./s1. The minimum atomic E-state index is -3.29. The van der Waals surface area contributed by atoms with Crippen LogP contribution in [-0.4, -0.2) is 26.9 Å². The van der Waals surface area contributed by atoms with Gasteiger partial charge in [-0.25, -0.2) is 17.2 Å². The van der Waals surface area contributed by atoms with Gasteiger partial charge in [-0.2, -0.15) is 0 Å². The fourth-order valence-corrected chi connectivity index (χ4v) is 2.01. The Kier molecular flexibility index (Phi) is 6.19. The van der Waals surface area contributed by atoms with Crippen LogP contribution < -0.4 is 18.1 Å². The number of alkyl halides is 2. The highest BCUT2D eigenvalue weighted by Gasteiger charge is 2.28. The normalized spacial score (nSPS) is 16.5. The summed E-state index contributed by atoms with van der Waals surface area (Å²) in [5.41, 5.74) is 3.65. The molecule has 0 amide bonds. The zero-order chi connectivity index (χ0) is 13.2. The van der Waals surface area contributed by atoms with Gasteiger partial charge in [0, 0.05) is 6.26 Å². The van der Waals surface area contributed by atoms with Gasteiger partial charge in [-0.1, -0.05) is 12.1 Å². The van der Waals surface area contributed by atoms with E-state index in [1.54, 1.807) is 0 Å². The number of sulfone groups is 1. The van der Waals surface area contributed by atoms with Gasteiger partial charge in [-0.15, -0.1) is 0 Å². The average Bonchev–Trinajstić information content (AvgIpc) is 2.26. The van der Waals surface area contributed by atoms with E-state index in [9.17, 15) is 17.2 Å². The molecule has 7 heteroatoms. The molecule has 1 aromatic carbocycles. The van der Waals surface area contributed by atoms with Crippen LogP contribution >= 0.6 is 0 Å². The van der Waals surface area contributed by atoms with Gasteiger partial charge in [-0.3, -0.25) is 0 Å². The summed E-state index contributed by atoms with van der Waals surface area (Å²) < 4.78 is 49.0. The van der Waals surface area contributed by atoms with Crippen molar-refractivity contribution in [3.63, 3.8) is 0 Å². The second-order valence-electron chi connectivity index (χ2n) is 4.08. The molecule has 0 unspecified atom stereocenters. The van der Waals surface area contributed by atoms with Crippen LogP contribution in [0, 0.1) is 0 Å². The number of hydrogen-bond donors (Lipinski definition) is 1. The summed E-state index contributed by atoms with van der Waals surface area (Å²) in [5, 5.41) is 0. The second kappa shape index (κ2) is 6.45. The minimum Gasteiger partial charge on any atom is -1.00 e. The van der Waals surface area contributed by atoms with Crippen molar-refractivity contribution in [3.05, 3.63) is 29.8 Å². The quantitative estimate of drug-likeness (QED) is 0.704. The Labute approximate surface area is 112 Å². The van der Waals surface area contributed by atoms with E-state index in [-0.39, 0.29) is 22.9 Å². The number of hydrogen-bond acceptors (Lipinski definition) is 2. The van der Waals surface area contributed by atoms with Crippen molar-refractivity contribution in [2.75, 3.05) is 6.26 Å². The molecule has 0 bridgehead atoms. The topological polar surface area (TPSA) is 61.8 Å². The first kappa shape index (κ1) is 17.3. The fourth-order valence-electron chi connectivity index (χ4n) is 1.38. The highest BCUT2D eigenvalue weighted by molar-refractivity contribution is 7.90. The predicted octanol–water partition coefficient (Wildman–Crippen LogP) is -1.93. The largest absolute Gasteiger partial charge is 1.00 e. The lowest BCUT2D eigenvalue weighted by molar-refractivity contribution is -0.445. The van der Waals surface area contributed by atoms with E-state index in [0.717, 1.165) is 6.26 Å². The summed E-state index contributed by atoms with van der Waals surface area (Å²) in [7, 11) is -3.29. The number of halogens is 3. The van der Waals surface area contributed by atoms with Gasteiger partial charge in [0.2, 0.25) is 0 Å². The summed E-state index contributed by atoms with van der Waals surface area (Å²) >= 11 is 0. The summed E-state index contributed by atoms with van der Waals surface area (Å²) in [6, 6.07) is 4.32. The molecule has 0 heterocycles. The Morgan fingerprint density at radius 1 is 1.17 bits per heavy atom. The molecular weight excluding hydrogens is 284 g/mol. The summed E-state index contributed by atoms with van der Waals surface area (Å²) in [4.78, 5) is 0.113. The van der Waals surface area contributed by atoms with Crippen LogP contribution in [0.15, 0.2) is 29.2 Å². The first-order chi connectivity index (χ1) is 7.73. The van der Waals surface area contributed by atoms with Crippen molar-refractivity contribution in [1.82, 2.24) is 0 Å². The van der Waals surface area contributed by atoms with Crippen molar-refractivity contribution >= 4 is 9.84 Å². The van der Waals surface area contributed by atoms with E-state index in [4.69, 9.17) is 0 Å². The molecule has 3 nitrogen and oxygen atoms in total. The molecule has 0 aliphatic heterocycles. The fraction of sp³-hybridized carbons (Fsp3) is 0.455. The number of benzene rings is 1. The molecule has 0 saturated heterocycles. The Hall–Kier alpha value is -0.720. The first-order valence-corrected chi connectivity index (χ1v) is 7.04. The van der Waals surface area contributed by atoms with Crippen LogP contribution in [0.25, 0.3) is 0 Å². The molecule has 1 aromatic rings. The van der Waals surface area contributed by atoms with Gasteiger partial charge in [0.05, 0.1) is 4.90 Å². The van der Waals surface area contributed by atoms with Gasteiger partial charge in [0.25, 0.3) is 0 Å². The lowest BCUT2D eigenvalue weighted by Crippen LogP contribution is -3.00. The summed E-state index contributed by atoms with van der Waals surface area (Å²) in [6.45, 7) is 1.25. The van der Waals surface area contributed by atoms with Crippen LogP contribution in [0.5, 0.6) is 0 Å². The van der Waals surface area contributed by atoms with Crippen molar-refractivity contribution in [2.24, 2.45) is 0 Å². The van der Waals surface area contributed by atoms with Crippen LogP contribution in [0.4, 0.5) is 8.78 Å². The van der Waals surface area contributed by atoms with E-state index in [0.29, 0.717) is 0 Å². The molecule has 3 N–H and O–H groups in total. The van der Waals surface area contributed by atoms with E-state index in [1.165, 1.54) is 31.2 Å². The Morgan fingerprint density at radius 2 is 1.61 bits per heavy atom. The van der Waals surface area contributed by atoms with Crippen molar-refractivity contribution in [2.45, 2.75) is 30.2 Å². The predicted molar refractivity (Wildman–Crippen MR) is 60.6 cm³/mol. The highest BCUT2D eigenvalue weighted by Crippen LogP contribution is 2.23. The molecule has 0 aromatic heterocycles. The van der Waals surface area contributed by atoms with E-state index in [2.05, 4.69) is 5.73 Å². The molecule has 3 atom stereocenters. The third kappa shape index (κ3) is 4.19. The van der Waals surface area contributed by atoms with Crippen LogP contribution in [0.2, 0.25) is 0 Å². The third-order valence-corrected chi connectivity index (χ3v) is 3.72. The molecule has 0 aliphatic carbocycles. The zero-order valence-electron chi connectivity index (χ0n) is 10.1.